The van der Waals surface area contributed by atoms with Gasteiger partial charge < -0.3 is 10.6 Å². The third kappa shape index (κ3) is 1.85. The molecular formula is C8H11BrN2O2. The summed E-state index contributed by atoms with van der Waals surface area (Å²) in [7, 11) is 0. The van der Waals surface area contributed by atoms with E-state index in [1.807, 2.05) is 0 Å². The molecule has 1 heterocycles. The number of nitrogen functional groups attached to an aromatic ring is 1. The van der Waals surface area contributed by atoms with E-state index in [-0.39, 0.29) is 0 Å². The summed E-state index contributed by atoms with van der Waals surface area (Å²) in [5.74, 6) is 5.16. The van der Waals surface area contributed by atoms with Gasteiger partial charge in [0.1, 0.15) is 0 Å². The van der Waals surface area contributed by atoms with Crippen LogP contribution < -0.4 is 5.84 Å². The lowest BCUT2D eigenvalue weighted by molar-refractivity contribution is 0.0515. The third-order valence-electron chi connectivity index (χ3n) is 1.69. The number of rotatable bonds is 2. The minimum absolute atomic E-state index is 0.348. The molecule has 1 rings (SSSR count). The summed E-state index contributed by atoms with van der Waals surface area (Å²) in [4.78, 5) is 11.4. The van der Waals surface area contributed by atoms with Crippen molar-refractivity contribution in [3.05, 3.63) is 21.9 Å². The summed E-state index contributed by atoms with van der Waals surface area (Å²) in [5, 5.41) is 0. The van der Waals surface area contributed by atoms with Gasteiger partial charge >= 0.3 is 5.97 Å². The Morgan fingerprint density at radius 1 is 1.77 bits per heavy atom. The molecule has 72 valence electrons. The second-order valence-corrected chi connectivity index (χ2v) is 3.43. The molecule has 2 N–H and O–H groups in total. The van der Waals surface area contributed by atoms with Crippen LogP contribution in [0.4, 0.5) is 0 Å². The number of halogens is 1. The van der Waals surface area contributed by atoms with Crippen molar-refractivity contribution in [2.24, 2.45) is 0 Å². The van der Waals surface area contributed by atoms with Crippen LogP contribution in [0, 0.1) is 6.92 Å². The predicted molar refractivity (Wildman–Crippen MR) is 53.0 cm³/mol. The number of carbonyl (C=O) groups is 1. The number of hydrogen-bond acceptors (Lipinski definition) is 3. The molecule has 0 saturated heterocycles. The maximum absolute atomic E-state index is 11.4. The zero-order chi connectivity index (χ0) is 10.0. The minimum Gasteiger partial charge on any atom is -0.461 e. The number of aromatic nitrogens is 1. The smallest absolute Gasteiger partial charge is 0.357 e. The highest BCUT2D eigenvalue weighted by molar-refractivity contribution is 9.10. The van der Waals surface area contributed by atoms with Crippen molar-refractivity contribution in [1.29, 1.82) is 0 Å². The molecule has 0 radical (unpaired) electrons. The van der Waals surface area contributed by atoms with E-state index in [9.17, 15) is 4.79 Å². The topological polar surface area (TPSA) is 57.2 Å². The van der Waals surface area contributed by atoms with Crippen molar-refractivity contribution in [2.45, 2.75) is 13.8 Å². The van der Waals surface area contributed by atoms with Crippen LogP contribution >= 0.6 is 15.9 Å². The number of nitrogens with zero attached hydrogens (tertiary/aromatic N) is 1. The highest BCUT2D eigenvalue weighted by Gasteiger charge is 2.17. The summed E-state index contributed by atoms with van der Waals surface area (Å²) in [6, 6.07) is 0. The lowest BCUT2D eigenvalue weighted by Gasteiger charge is -2.03. The van der Waals surface area contributed by atoms with Gasteiger partial charge in [-0.2, -0.15) is 0 Å². The van der Waals surface area contributed by atoms with E-state index in [2.05, 4.69) is 15.9 Å². The molecule has 0 unspecified atom stereocenters. The summed E-state index contributed by atoms with van der Waals surface area (Å²) >= 11 is 3.28. The molecule has 0 bridgehead atoms. The molecule has 0 aromatic carbocycles. The summed E-state index contributed by atoms with van der Waals surface area (Å²) in [5.41, 5.74) is 1.18. The summed E-state index contributed by atoms with van der Waals surface area (Å²) in [6.45, 7) is 3.91. The fraction of sp³-hybridized carbons (Fsp3) is 0.375. The van der Waals surface area contributed by atoms with Gasteiger partial charge in [0.15, 0.2) is 5.69 Å². The Hall–Kier alpha value is -0.970. The maximum Gasteiger partial charge on any atom is 0.357 e. The average molecular weight is 247 g/mol. The van der Waals surface area contributed by atoms with Gasteiger partial charge in [-0.05, 0) is 35.3 Å². The lowest BCUT2D eigenvalue weighted by atomic mass is 10.3. The molecule has 1 aromatic heterocycles. The molecule has 4 nitrogen and oxygen atoms in total. The molecule has 0 fully saturated rings. The van der Waals surface area contributed by atoms with Crippen molar-refractivity contribution in [2.75, 3.05) is 12.4 Å². The van der Waals surface area contributed by atoms with E-state index < -0.39 is 5.97 Å². The van der Waals surface area contributed by atoms with Crippen molar-refractivity contribution >= 4 is 21.9 Å². The highest BCUT2D eigenvalue weighted by atomic mass is 79.9. The molecule has 0 spiro atoms. The van der Waals surface area contributed by atoms with Gasteiger partial charge in [0.2, 0.25) is 0 Å². The largest absolute Gasteiger partial charge is 0.461 e. The SMILES string of the molecule is CCOC(=O)c1c(C)c(Br)cn1N. The Morgan fingerprint density at radius 3 is 2.77 bits per heavy atom. The highest BCUT2D eigenvalue weighted by Crippen LogP contribution is 2.20. The van der Waals surface area contributed by atoms with E-state index in [1.54, 1.807) is 20.0 Å². The molecule has 0 aliphatic rings. The van der Waals surface area contributed by atoms with Gasteiger partial charge in [0.25, 0.3) is 0 Å². The van der Waals surface area contributed by atoms with Crippen LogP contribution in [-0.4, -0.2) is 17.3 Å². The molecule has 0 amide bonds. The van der Waals surface area contributed by atoms with Gasteiger partial charge in [0.05, 0.1) is 6.61 Å². The van der Waals surface area contributed by atoms with Gasteiger partial charge in [-0.1, -0.05) is 0 Å². The van der Waals surface area contributed by atoms with Crippen molar-refractivity contribution in [1.82, 2.24) is 4.68 Å². The standard InChI is InChI=1S/C8H11BrN2O2/c1-3-13-8(12)7-5(2)6(9)4-11(7)10/h4H,3,10H2,1-2H3. The van der Waals surface area contributed by atoms with Crippen LogP contribution in [0.15, 0.2) is 10.7 Å². The predicted octanol–water partition coefficient (Wildman–Crippen LogP) is 1.45. The number of carbonyl (C=O) groups excluding carboxylic acids is 1. The first-order valence-corrected chi connectivity index (χ1v) is 4.66. The molecular weight excluding hydrogens is 236 g/mol. The zero-order valence-corrected chi connectivity index (χ0v) is 9.09. The Morgan fingerprint density at radius 2 is 2.38 bits per heavy atom. The van der Waals surface area contributed by atoms with Crippen molar-refractivity contribution in [3.8, 4) is 0 Å². The molecule has 13 heavy (non-hydrogen) atoms. The molecule has 0 aliphatic heterocycles. The van der Waals surface area contributed by atoms with Crippen molar-refractivity contribution < 1.29 is 9.53 Å². The van der Waals surface area contributed by atoms with Gasteiger partial charge in [-0.25, -0.2) is 4.79 Å². The fourth-order valence-electron chi connectivity index (χ4n) is 1.05. The number of hydrogen-bond donors (Lipinski definition) is 1. The minimum atomic E-state index is -0.395. The van der Waals surface area contributed by atoms with Gasteiger partial charge in [-0.15, -0.1) is 0 Å². The number of ether oxygens (including phenoxy) is 1. The van der Waals surface area contributed by atoms with Gasteiger partial charge in [0, 0.05) is 10.7 Å². The number of nitrogens with two attached hydrogens (primary N) is 1. The normalized spacial score (nSPS) is 10.1. The first kappa shape index (κ1) is 10.1. The van der Waals surface area contributed by atoms with Crippen LogP contribution in [0.1, 0.15) is 23.0 Å². The monoisotopic (exact) mass is 246 g/mol. The average Bonchev–Trinajstić information content (AvgIpc) is 2.27. The second-order valence-electron chi connectivity index (χ2n) is 2.58. The van der Waals surface area contributed by atoms with Gasteiger partial charge in [-0.3, -0.25) is 4.68 Å². The van der Waals surface area contributed by atoms with E-state index in [0.29, 0.717) is 12.3 Å². The molecule has 0 saturated carbocycles. The summed E-state index contributed by atoms with van der Waals surface area (Å²) < 4.78 is 6.91. The third-order valence-corrected chi connectivity index (χ3v) is 2.49. The Labute approximate surface area is 84.8 Å². The van der Waals surface area contributed by atoms with Crippen molar-refractivity contribution in [3.63, 3.8) is 0 Å². The first-order chi connectivity index (χ1) is 6.07. The molecule has 0 aliphatic carbocycles. The Bertz CT molecular complexity index is 333. The first-order valence-electron chi connectivity index (χ1n) is 3.87. The molecule has 5 heteroatoms. The van der Waals surface area contributed by atoms with Crippen LogP contribution in [0.5, 0.6) is 0 Å². The van der Waals surface area contributed by atoms with E-state index in [0.717, 1.165) is 10.0 Å². The second kappa shape index (κ2) is 3.83. The number of esters is 1. The van der Waals surface area contributed by atoms with Crippen LogP contribution in [0.2, 0.25) is 0 Å². The fourth-order valence-corrected chi connectivity index (χ4v) is 1.46. The lowest BCUT2D eigenvalue weighted by Crippen LogP contribution is -2.18. The quantitative estimate of drug-likeness (QED) is 0.635. The maximum atomic E-state index is 11.4. The van der Waals surface area contributed by atoms with Crippen LogP contribution in [0.25, 0.3) is 0 Å². The van der Waals surface area contributed by atoms with E-state index in [4.69, 9.17) is 10.6 Å². The molecule has 1 aromatic rings. The molecule has 0 atom stereocenters. The zero-order valence-electron chi connectivity index (χ0n) is 7.50. The van der Waals surface area contributed by atoms with Crippen LogP contribution in [0.3, 0.4) is 0 Å². The van der Waals surface area contributed by atoms with Crippen LogP contribution in [-0.2, 0) is 4.74 Å². The van der Waals surface area contributed by atoms with E-state index >= 15 is 0 Å². The summed E-state index contributed by atoms with van der Waals surface area (Å²) in [6.07, 6.45) is 1.63. The van der Waals surface area contributed by atoms with E-state index in [1.165, 1.54) is 4.68 Å². The Kier molecular flexibility index (Phi) is 2.98. The Balaban J connectivity index is 3.06.